The summed E-state index contributed by atoms with van der Waals surface area (Å²) >= 11 is 0. The average molecular weight is 187 g/mol. The molecule has 0 fully saturated rings. The van der Waals surface area contributed by atoms with Gasteiger partial charge in [0.15, 0.2) is 0 Å². The maximum Gasteiger partial charge on any atom is 0.328 e. The van der Waals surface area contributed by atoms with E-state index in [0.717, 1.165) is 0 Å². The fourth-order valence-corrected chi connectivity index (χ4v) is 0.907. The first-order valence-electron chi connectivity index (χ1n) is 4.34. The Kier molecular flexibility index (Phi) is 5.11. The monoisotopic (exact) mass is 187 g/mol. The molecule has 0 saturated carbocycles. The molecule has 1 N–H and O–H groups in total. The van der Waals surface area contributed by atoms with Gasteiger partial charge in [0.25, 0.3) is 0 Å². The van der Waals surface area contributed by atoms with Gasteiger partial charge in [-0.3, -0.25) is 4.79 Å². The van der Waals surface area contributed by atoms with Crippen molar-refractivity contribution in [2.24, 2.45) is 5.92 Å². The van der Waals surface area contributed by atoms with Gasteiger partial charge in [-0.25, -0.2) is 4.79 Å². The molecular formula is C9H17NO3. The Hall–Kier alpha value is -1.06. The van der Waals surface area contributed by atoms with E-state index in [1.807, 2.05) is 13.8 Å². The fraction of sp³-hybridized carbons (Fsp3) is 0.778. The topological polar surface area (TPSA) is 55.4 Å². The molecule has 4 heteroatoms. The van der Waals surface area contributed by atoms with Crippen LogP contribution in [0.3, 0.4) is 0 Å². The third-order valence-electron chi connectivity index (χ3n) is 1.53. The number of methoxy groups -OCH3 is 1. The highest BCUT2D eigenvalue weighted by atomic mass is 16.5. The van der Waals surface area contributed by atoms with Gasteiger partial charge < -0.3 is 10.1 Å². The van der Waals surface area contributed by atoms with Gasteiger partial charge in [0, 0.05) is 6.42 Å². The summed E-state index contributed by atoms with van der Waals surface area (Å²) in [7, 11) is 1.30. The highest BCUT2D eigenvalue weighted by Crippen LogP contribution is 1.99. The molecule has 0 aliphatic heterocycles. The Morgan fingerprint density at radius 2 is 1.85 bits per heavy atom. The van der Waals surface area contributed by atoms with Crippen molar-refractivity contribution in [3.63, 3.8) is 0 Å². The van der Waals surface area contributed by atoms with Crippen molar-refractivity contribution in [1.82, 2.24) is 5.32 Å². The van der Waals surface area contributed by atoms with Crippen molar-refractivity contribution in [3.8, 4) is 0 Å². The van der Waals surface area contributed by atoms with E-state index < -0.39 is 12.0 Å². The van der Waals surface area contributed by atoms with Crippen LogP contribution in [-0.2, 0) is 14.3 Å². The van der Waals surface area contributed by atoms with Crippen molar-refractivity contribution >= 4 is 11.9 Å². The number of esters is 1. The zero-order valence-corrected chi connectivity index (χ0v) is 8.59. The first-order chi connectivity index (χ1) is 5.97. The molecule has 0 bridgehead atoms. The zero-order valence-electron chi connectivity index (χ0n) is 8.59. The lowest BCUT2D eigenvalue weighted by Gasteiger charge is -2.12. The summed E-state index contributed by atoms with van der Waals surface area (Å²) in [6, 6.07) is -0.559. The number of amides is 1. The summed E-state index contributed by atoms with van der Waals surface area (Å²) in [6.45, 7) is 5.49. The van der Waals surface area contributed by atoms with Crippen molar-refractivity contribution in [1.29, 1.82) is 0 Å². The predicted octanol–water partition coefficient (Wildman–Crippen LogP) is 0.710. The van der Waals surface area contributed by atoms with Gasteiger partial charge in [0.2, 0.25) is 5.91 Å². The van der Waals surface area contributed by atoms with E-state index >= 15 is 0 Å². The van der Waals surface area contributed by atoms with Crippen LogP contribution in [0.25, 0.3) is 0 Å². The molecule has 4 nitrogen and oxygen atoms in total. The first kappa shape index (κ1) is 11.9. The summed E-state index contributed by atoms with van der Waals surface area (Å²) in [4.78, 5) is 22.1. The molecular weight excluding hydrogens is 170 g/mol. The van der Waals surface area contributed by atoms with Crippen LogP contribution < -0.4 is 5.32 Å². The zero-order chi connectivity index (χ0) is 10.4. The Balaban J connectivity index is 3.85. The Labute approximate surface area is 78.6 Å². The first-order valence-corrected chi connectivity index (χ1v) is 4.34. The van der Waals surface area contributed by atoms with Crippen molar-refractivity contribution in [2.45, 2.75) is 33.2 Å². The van der Waals surface area contributed by atoms with Gasteiger partial charge in [-0.15, -0.1) is 0 Å². The van der Waals surface area contributed by atoms with Gasteiger partial charge in [-0.1, -0.05) is 13.8 Å². The summed E-state index contributed by atoms with van der Waals surface area (Å²) in [5.74, 6) is -0.241. The molecule has 0 heterocycles. The van der Waals surface area contributed by atoms with Gasteiger partial charge in [-0.2, -0.15) is 0 Å². The quantitative estimate of drug-likeness (QED) is 0.659. The third-order valence-corrected chi connectivity index (χ3v) is 1.53. The molecule has 0 radical (unpaired) electrons. The summed E-state index contributed by atoms with van der Waals surface area (Å²) < 4.78 is 4.46. The van der Waals surface area contributed by atoms with Gasteiger partial charge >= 0.3 is 5.97 Å². The Bertz CT molecular complexity index is 189. The smallest absolute Gasteiger partial charge is 0.328 e. The second kappa shape index (κ2) is 5.56. The van der Waals surface area contributed by atoms with Crippen molar-refractivity contribution in [3.05, 3.63) is 0 Å². The van der Waals surface area contributed by atoms with E-state index in [4.69, 9.17) is 0 Å². The lowest BCUT2D eigenvalue weighted by atomic mass is 10.1. The van der Waals surface area contributed by atoms with E-state index in [0.29, 0.717) is 12.3 Å². The standard InChI is InChI=1S/C9H17NO3/c1-6(2)5-8(11)10-7(3)9(12)13-4/h6-7H,5H2,1-4H3,(H,10,11)/t7-/m0/s1. The van der Waals surface area contributed by atoms with Crippen molar-refractivity contribution < 1.29 is 14.3 Å². The number of hydrogen-bond donors (Lipinski definition) is 1. The maximum atomic E-state index is 11.2. The molecule has 0 aromatic rings. The molecule has 0 saturated heterocycles. The Morgan fingerprint density at radius 1 is 1.31 bits per heavy atom. The lowest BCUT2D eigenvalue weighted by molar-refractivity contribution is -0.144. The van der Waals surface area contributed by atoms with Gasteiger partial charge in [0.05, 0.1) is 7.11 Å². The number of rotatable bonds is 4. The molecule has 0 rings (SSSR count). The van der Waals surface area contributed by atoms with Crippen LogP contribution in [0.2, 0.25) is 0 Å². The largest absolute Gasteiger partial charge is 0.467 e. The number of carbonyl (C=O) groups excluding carboxylic acids is 2. The van der Waals surface area contributed by atoms with Crippen LogP contribution in [0.15, 0.2) is 0 Å². The summed E-state index contributed by atoms with van der Waals surface area (Å²) in [6.07, 6.45) is 0.432. The van der Waals surface area contributed by atoms with E-state index in [9.17, 15) is 9.59 Å². The molecule has 1 amide bonds. The van der Waals surface area contributed by atoms with Crippen LogP contribution >= 0.6 is 0 Å². The van der Waals surface area contributed by atoms with E-state index in [1.54, 1.807) is 6.92 Å². The third kappa shape index (κ3) is 5.22. The van der Waals surface area contributed by atoms with Crippen LogP contribution in [0.4, 0.5) is 0 Å². The number of ether oxygens (including phenoxy) is 1. The fourth-order valence-electron chi connectivity index (χ4n) is 0.907. The SMILES string of the molecule is COC(=O)[C@H](C)NC(=O)CC(C)C. The number of hydrogen-bond acceptors (Lipinski definition) is 3. The molecule has 0 aromatic heterocycles. The second-order valence-electron chi connectivity index (χ2n) is 3.41. The molecule has 76 valence electrons. The highest BCUT2D eigenvalue weighted by Gasteiger charge is 2.15. The normalized spacial score (nSPS) is 12.4. The maximum absolute atomic E-state index is 11.2. The second-order valence-corrected chi connectivity index (χ2v) is 3.41. The predicted molar refractivity (Wildman–Crippen MR) is 49.1 cm³/mol. The van der Waals surface area contributed by atoms with Gasteiger partial charge in [0.1, 0.15) is 6.04 Å². The molecule has 1 atom stereocenters. The summed E-state index contributed by atoms with van der Waals surface area (Å²) in [5.41, 5.74) is 0. The molecule has 0 aliphatic rings. The van der Waals surface area contributed by atoms with Gasteiger partial charge in [-0.05, 0) is 12.8 Å². The van der Waals surface area contributed by atoms with Crippen LogP contribution in [0, 0.1) is 5.92 Å². The molecule has 13 heavy (non-hydrogen) atoms. The summed E-state index contributed by atoms with van der Waals surface area (Å²) in [5, 5.41) is 2.55. The van der Waals surface area contributed by atoms with E-state index in [2.05, 4.69) is 10.1 Å². The van der Waals surface area contributed by atoms with E-state index in [-0.39, 0.29) is 5.91 Å². The van der Waals surface area contributed by atoms with Crippen LogP contribution in [-0.4, -0.2) is 25.0 Å². The minimum absolute atomic E-state index is 0.118. The minimum atomic E-state index is -0.559. The van der Waals surface area contributed by atoms with Crippen LogP contribution in [0.5, 0.6) is 0 Å². The van der Waals surface area contributed by atoms with Crippen LogP contribution in [0.1, 0.15) is 27.2 Å². The molecule has 0 spiro atoms. The number of carbonyl (C=O) groups is 2. The lowest BCUT2D eigenvalue weighted by Crippen LogP contribution is -2.39. The molecule has 0 aromatic carbocycles. The number of nitrogens with one attached hydrogen (secondary N) is 1. The van der Waals surface area contributed by atoms with Crippen molar-refractivity contribution in [2.75, 3.05) is 7.11 Å². The Morgan fingerprint density at radius 3 is 2.23 bits per heavy atom. The van der Waals surface area contributed by atoms with E-state index in [1.165, 1.54) is 7.11 Å². The highest BCUT2D eigenvalue weighted by molar-refractivity contribution is 5.84. The minimum Gasteiger partial charge on any atom is -0.467 e. The molecule has 0 aliphatic carbocycles. The average Bonchev–Trinajstić information content (AvgIpc) is 2.01. The molecule has 0 unspecified atom stereocenters.